The number of nitrogens with zero attached hydrogens (tertiary/aromatic N) is 1. The first kappa shape index (κ1) is 8.05. The fourth-order valence-corrected chi connectivity index (χ4v) is 3.22. The molecule has 2 heteroatoms. The molecule has 0 amide bonds. The van der Waals surface area contributed by atoms with Gasteiger partial charge in [-0.15, -0.1) is 0 Å². The molecule has 76 valence electrons. The minimum Gasteiger partial charge on any atom is -0.311 e. The summed E-state index contributed by atoms with van der Waals surface area (Å²) < 4.78 is 0. The van der Waals surface area contributed by atoms with Crippen molar-refractivity contribution in [2.75, 3.05) is 13.1 Å². The standard InChI is InChI=1S/C13H14N2/c1-2-4-10-9(3-1)12-11(15-10)7-14-8-13(12)5-6-13/h1-4,12,14H,5-8H2. The number of hydrogen-bond acceptors (Lipinski definition) is 2. The third-order valence-electron chi connectivity index (χ3n) is 4.13. The Morgan fingerprint density at radius 2 is 2.13 bits per heavy atom. The summed E-state index contributed by atoms with van der Waals surface area (Å²) in [5.74, 6) is 0.634. The summed E-state index contributed by atoms with van der Waals surface area (Å²) in [5.41, 5.74) is 4.60. The lowest BCUT2D eigenvalue weighted by atomic mass is 9.78. The monoisotopic (exact) mass is 198 g/mol. The molecular formula is C13H14N2. The van der Waals surface area contributed by atoms with Crippen LogP contribution in [0.4, 0.5) is 5.69 Å². The molecule has 2 nitrogen and oxygen atoms in total. The van der Waals surface area contributed by atoms with Gasteiger partial charge < -0.3 is 5.32 Å². The number of benzene rings is 1. The van der Waals surface area contributed by atoms with Gasteiger partial charge in [0, 0.05) is 24.7 Å². The van der Waals surface area contributed by atoms with Gasteiger partial charge in [0.1, 0.15) is 0 Å². The molecule has 2 fully saturated rings. The van der Waals surface area contributed by atoms with Crippen LogP contribution in [0, 0.1) is 5.41 Å². The van der Waals surface area contributed by atoms with Crippen LogP contribution < -0.4 is 5.32 Å². The van der Waals surface area contributed by atoms with E-state index in [1.165, 1.54) is 36.3 Å². The Balaban J connectivity index is 1.90. The van der Waals surface area contributed by atoms with Crippen molar-refractivity contribution in [3.8, 4) is 0 Å². The van der Waals surface area contributed by atoms with Crippen LogP contribution in [0.25, 0.3) is 0 Å². The second-order valence-corrected chi connectivity index (χ2v) is 5.06. The molecule has 2 aliphatic heterocycles. The van der Waals surface area contributed by atoms with Gasteiger partial charge in [-0.2, -0.15) is 0 Å². The zero-order valence-electron chi connectivity index (χ0n) is 8.66. The van der Waals surface area contributed by atoms with E-state index in [4.69, 9.17) is 4.99 Å². The van der Waals surface area contributed by atoms with Gasteiger partial charge in [0.15, 0.2) is 0 Å². The average molecular weight is 198 g/mol. The highest BCUT2D eigenvalue weighted by Gasteiger charge is 2.55. The fourth-order valence-electron chi connectivity index (χ4n) is 3.22. The summed E-state index contributed by atoms with van der Waals surface area (Å²) in [6.07, 6.45) is 2.75. The van der Waals surface area contributed by atoms with Gasteiger partial charge in [-0.25, -0.2) is 0 Å². The number of aliphatic imine (C=N–C) groups is 1. The lowest BCUT2D eigenvalue weighted by molar-refractivity contribution is 0.418. The minimum atomic E-state index is 0.531. The first-order valence-electron chi connectivity index (χ1n) is 5.76. The largest absolute Gasteiger partial charge is 0.311 e. The van der Waals surface area contributed by atoms with E-state index in [1.807, 2.05) is 0 Å². The molecule has 1 saturated carbocycles. The zero-order valence-corrected chi connectivity index (χ0v) is 8.66. The van der Waals surface area contributed by atoms with E-state index in [2.05, 4.69) is 29.6 Å². The number of piperidine rings is 1. The van der Waals surface area contributed by atoms with Crippen LogP contribution in [0.2, 0.25) is 0 Å². The van der Waals surface area contributed by atoms with Gasteiger partial charge in [-0.3, -0.25) is 4.99 Å². The van der Waals surface area contributed by atoms with Gasteiger partial charge >= 0.3 is 0 Å². The second-order valence-electron chi connectivity index (χ2n) is 5.06. The van der Waals surface area contributed by atoms with Crippen molar-refractivity contribution in [2.24, 2.45) is 10.4 Å². The van der Waals surface area contributed by atoms with Crippen molar-refractivity contribution in [1.29, 1.82) is 0 Å². The van der Waals surface area contributed by atoms with E-state index in [0.29, 0.717) is 11.3 Å². The summed E-state index contributed by atoms with van der Waals surface area (Å²) in [4.78, 5) is 4.76. The lowest BCUT2D eigenvalue weighted by Gasteiger charge is -2.31. The van der Waals surface area contributed by atoms with E-state index in [9.17, 15) is 0 Å². The van der Waals surface area contributed by atoms with Crippen LogP contribution in [-0.4, -0.2) is 18.8 Å². The number of fused-ring (bicyclic) bond motifs is 4. The zero-order chi connectivity index (χ0) is 9.88. The summed E-state index contributed by atoms with van der Waals surface area (Å²) >= 11 is 0. The highest BCUT2D eigenvalue weighted by atomic mass is 15.0. The van der Waals surface area contributed by atoms with Crippen molar-refractivity contribution < 1.29 is 0 Å². The Kier molecular flexibility index (Phi) is 1.34. The lowest BCUT2D eigenvalue weighted by Crippen LogP contribution is -2.42. The van der Waals surface area contributed by atoms with E-state index in [1.54, 1.807) is 0 Å². The molecule has 1 N–H and O–H groups in total. The van der Waals surface area contributed by atoms with E-state index in [0.717, 1.165) is 6.54 Å². The Hall–Kier alpha value is -1.15. The highest BCUT2D eigenvalue weighted by molar-refractivity contribution is 6.01. The summed E-state index contributed by atoms with van der Waals surface area (Å²) in [5, 5.41) is 3.51. The molecule has 0 radical (unpaired) electrons. The Morgan fingerprint density at radius 3 is 3.00 bits per heavy atom. The van der Waals surface area contributed by atoms with Gasteiger partial charge in [-0.05, 0) is 29.9 Å². The molecule has 1 saturated heterocycles. The summed E-state index contributed by atoms with van der Waals surface area (Å²) in [6, 6.07) is 8.65. The Labute approximate surface area is 89.4 Å². The molecule has 15 heavy (non-hydrogen) atoms. The SMILES string of the molecule is c1ccc2c(c1)N=C1CNCC3(CC3)C12. The second kappa shape index (κ2) is 2.50. The van der Waals surface area contributed by atoms with Gasteiger partial charge in [0.05, 0.1) is 5.69 Å². The predicted octanol–water partition coefficient (Wildman–Crippen LogP) is 2.24. The maximum atomic E-state index is 4.76. The number of nitrogens with one attached hydrogen (secondary N) is 1. The van der Waals surface area contributed by atoms with Crippen LogP contribution in [0.3, 0.4) is 0 Å². The van der Waals surface area contributed by atoms with Crippen molar-refractivity contribution in [3.05, 3.63) is 29.8 Å². The van der Waals surface area contributed by atoms with Gasteiger partial charge in [0.2, 0.25) is 0 Å². The highest BCUT2D eigenvalue weighted by Crippen LogP contribution is 2.60. The molecule has 2 heterocycles. The summed E-state index contributed by atoms with van der Waals surface area (Å²) in [7, 11) is 0. The van der Waals surface area contributed by atoms with E-state index >= 15 is 0 Å². The third kappa shape index (κ3) is 0.953. The van der Waals surface area contributed by atoms with Crippen molar-refractivity contribution in [1.82, 2.24) is 5.32 Å². The van der Waals surface area contributed by atoms with Crippen LogP contribution in [0.1, 0.15) is 24.3 Å². The average Bonchev–Trinajstić information content (AvgIpc) is 2.92. The minimum absolute atomic E-state index is 0.531. The first-order valence-corrected chi connectivity index (χ1v) is 5.76. The molecule has 4 rings (SSSR count). The molecule has 3 aliphatic rings. The third-order valence-corrected chi connectivity index (χ3v) is 4.13. The molecule has 1 atom stereocenters. The van der Waals surface area contributed by atoms with Crippen molar-refractivity contribution in [3.63, 3.8) is 0 Å². The maximum absolute atomic E-state index is 4.76. The quantitative estimate of drug-likeness (QED) is 0.679. The molecule has 0 bridgehead atoms. The van der Waals surface area contributed by atoms with Gasteiger partial charge in [-0.1, -0.05) is 18.2 Å². The molecule has 1 aliphatic carbocycles. The van der Waals surface area contributed by atoms with E-state index in [-0.39, 0.29) is 0 Å². The molecule has 1 aromatic carbocycles. The van der Waals surface area contributed by atoms with Crippen molar-refractivity contribution >= 4 is 11.4 Å². The van der Waals surface area contributed by atoms with Gasteiger partial charge in [0.25, 0.3) is 0 Å². The maximum Gasteiger partial charge on any atom is 0.0668 e. The fraction of sp³-hybridized carbons (Fsp3) is 0.462. The van der Waals surface area contributed by atoms with Crippen molar-refractivity contribution in [2.45, 2.75) is 18.8 Å². The topological polar surface area (TPSA) is 24.4 Å². The molecule has 1 spiro atoms. The Bertz CT molecular complexity index is 457. The van der Waals surface area contributed by atoms with Crippen LogP contribution >= 0.6 is 0 Å². The Morgan fingerprint density at radius 1 is 1.27 bits per heavy atom. The van der Waals surface area contributed by atoms with Crippen LogP contribution in [-0.2, 0) is 0 Å². The first-order chi connectivity index (χ1) is 7.39. The summed E-state index contributed by atoms with van der Waals surface area (Å²) in [6.45, 7) is 2.17. The number of rotatable bonds is 0. The normalized spacial score (nSPS) is 29.6. The molecule has 1 unspecified atom stereocenters. The van der Waals surface area contributed by atoms with Crippen LogP contribution in [0.15, 0.2) is 29.3 Å². The smallest absolute Gasteiger partial charge is 0.0668 e. The molecular weight excluding hydrogens is 184 g/mol. The van der Waals surface area contributed by atoms with Crippen LogP contribution in [0.5, 0.6) is 0 Å². The van der Waals surface area contributed by atoms with E-state index < -0.39 is 0 Å². The predicted molar refractivity (Wildman–Crippen MR) is 60.8 cm³/mol. The molecule has 1 aromatic rings. The number of hydrogen-bond donors (Lipinski definition) is 1. The number of para-hydroxylation sites is 1. The molecule has 0 aromatic heterocycles.